The van der Waals surface area contributed by atoms with Crippen molar-refractivity contribution >= 4 is 11.6 Å². The molecule has 0 saturated heterocycles. The monoisotopic (exact) mass is 349 g/mol. The van der Waals surface area contributed by atoms with Crippen molar-refractivity contribution in [3.8, 4) is 17.5 Å². The molecule has 26 heavy (non-hydrogen) atoms. The van der Waals surface area contributed by atoms with Crippen LogP contribution in [0.25, 0.3) is 0 Å². The zero-order valence-corrected chi connectivity index (χ0v) is 14.4. The summed E-state index contributed by atoms with van der Waals surface area (Å²) in [5.74, 6) is 1.36. The molecular weight excluding hydrogens is 330 g/mol. The van der Waals surface area contributed by atoms with Crippen LogP contribution in [0, 0.1) is 0 Å². The minimum absolute atomic E-state index is 0.0962. The first-order chi connectivity index (χ1) is 12.7. The summed E-state index contributed by atoms with van der Waals surface area (Å²) in [5, 5.41) is 2.78. The summed E-state index contributed by atoms with van der Waals surface area (Å²) in [4.78, 5) is 20.3. The highest BCUT2D eigenvalue weighted by Crippen LogP contribution is 2.17. The molecule has 0 aliphatic rings. The number of amides is 1. The largest absolute Gasteiger partial charge is 0.497 e. The number of nitrogens with one attached hydrogen (secondary N) is 1. The second-order valence-corrected chi connectivity index (χ2v) is 5.57. The number of aryl methyl sites for hydroxylation is 1. The summed E-state index contributed by atoms with van der Waals surface area (Å²) in [6.07, 6.45) is 4.06. The van der Waals surface area contributed by atoms with Gasteiger partial charge in [-0.2, -0.15) is 0 Å². The Bertz CT molecular complexity index is 834. The Hall–Kier alpha value is -3.41. The zero-order chi connectivity index (χ0) is 18.2. The first kappa shape index (κ1) is 17.4. The molecule has 2 aromatic carbocycles. The van der Waals surface area contributed by atoms with E-state index in [2.05, 4.69) is 15.3 Å². The number of methoxy groups -OCH3 is 1. The SMILES string of the molecule is COc1ccc(CCC(=O)Nc2cnc(Oc3ccccc3)nc2)cc1. The molecule has 0 saturated carbocycles. The lowest BCUT2D eigenvalue weighted by Crippen LogP contribution is -2.12. The summed E-state index contributed by atoms with van der Waals surface area (Å²) in [5.41, 5.74) is 1.61. The molecule has 0 radical (unpaired) electrons. The summed E-state index contributed by atoms with van der Waals surface area (Å²) >= 11 is 0. The van der Waals surface area contributed by atoms with Gasteiger partial charge in [-0.05, 0) is 36.2 Å². The summed E-state index contributed by atoms with van der Waals surface area (Å²) in [6.45, 7) is 0. The van der Waals surface area contributed by atoms with Crippen LogP contribution < -0.4 is 14.8 Å². The molecular formula is C20H19N3O3. The Morgan fingerprint density at radius 2 is 1.65 bits per heavy atom. The lowest BCUT2D eigenvalue weighted by atomic mass is 10.1. The van der Waals surface area contributed by atoms with Crippen molar-refractivity contribution in [3.63, 3.8) is 0 Å². The maximum atomic E-state index is 12.1. The van der Waals surface area contributed by atoms with Crippen LogP contribution in [0.15, 0.2) is 67.0 Å². The van der Waals surface area contributed by atoms with Crippen molar-refractivity contribution in [3.05, 3.63) is 72.6 Å². The molecule has 1 aromatic heterocycles. The van der Waals surface area contributed by atoms with Crippen LogP contribution in [0.4, 0.5) is 5.69 Å². The lowest BCUT2D eigenvalue weighted by molar-refractivity contribution is -0.116. The smallest absolute Gasteiger partial charge is 0.322 e. The number of anilines is 1. The van der Waals surface area contributed by atoms with Gasteiger partial charge in [0.1, 0.15) is 11.5 Å². The van der Waals surface area contributed by atoms with E-state index in [4.69, 9.17) is 9.47 Å². The van der Waals surface area contributed by atoms with Gasteiger partial charge in [0.2, 0.25) is 5.91 Å². The van der Waals surface area contributed by atoms with Crippen LogP contribution in [0.2, 0.25) is 0 Å². The number of para-hydroxylation sites is 1. The number of carbonyl (C=O) groups excluding carboxylic acids is 1. The van der Waals surface area contributed by atoms with Crippen LogP contribution in [-0.2, 0) is 11.2 Å². The van der Waals surface area contributed by atoms with E-state index in [-0.39, 0.29) is 11.9 Å². The molecule has 1 amide bonds. The molecule has 1 heterocycles. The molecule has 0 spiro atoms. The van der Waals surface area contributed by atoms with E-state index in [1.165, 1.54) is 12.4 Å². The Kier molecular flexibility index (Phi) is 5.77. The highest BCUT2D eigenvalue weighted by Gasteiger charge is 2.06. The van der Waals surface area contributed by atoms with Crippen molar-refractivity contribution in [2.24, 2.45) is 0 Å². The van der Waals surface area contributed by atoms with Gasteiger partial charge < -0.3 is 14.8 Å². The van der Waals surface area contributed by atoms with Crippen molar-refractivity contribution in [2.75, 3.05) is 12.4 Å². The minimum atomic E-state index is -0.0962. The lowest BCUT2D eigenvalue weighted by Gasteiger charge is -2.07. The van der Waals surface area contributed by atoms with E-state index < -0.39 is 0 Å². The average Bonchev–Trinajstić information content (AvgIpc) is 2.69. The molecule has 0 atom stereocenters. The predicted molar refractivity (Wildman–Crippen MR) is 98.5 cm³/mol. The fraction of sp³-hybridized carbons (Fsp3) is 0.150. The predicted octanol–water partition coefficient (Wildman–Crippen LogP) is 3.85. The first-order valence-corrected chi connectivity index (χ1v) is 8.20. The van der Waals surface area contributed by atoms with Gasteiger partial charge in [-0.1, -0.05) is 30.3 Å². The van der Waals surface area contributed by atoms with Gasteiger partial charge in [-0.15, -0.1) is 0 Å². The molecule has 0 unspecified atom stereocenters. The molecule has 1 N–H and O–H groups in total. The third kappa shape index (κ3) is 5.04. The van der Waals surface area contributed by atoms with Crippen molar-refractivity contribution < 1.29 is 14.3 Å². The summed E-state index contributed by atoms with van der Waals surface area (Å²) < 4.78 is 10.6. The molecule has 3 rings (SSSR count). The van der Waals surface area contributed by atoms with Crippen LogP contribution in [0.5, 0.6) is 17.5 Å². The number of nitrogens with zero attached hydrogens (tertiary/aromatic N) is 2. The van der Waals surface area contributed by atoms with Gasteiger partial charge in [-0.25, -0.2) is 9.97 Å². The molecule has 0 fully saturated rings. The quantitative estimate of drug-likeness (QED) is 0.701. The van der Waals surface area contributed by atoms with Crippen LogP contribution in [-0.4, -0.2) is 23.0 Å². The second kappa shape index (κ2) is 8.62. The fourth-order valence-electron chi connectivity index (χ4n) is 2.30. The number of rotatable bonds is 7. The average molecular weight is 349 g/mol. The molecule has 0 aliphatic carbocycles. The van der Waals surface area contributed by atoms with E-state index in [0.717, 1.165) is 11.3 Å². The number of ether oxygens (including phenoxy) is 2. The molecule has 3 aromatic rings. The van der Waals surface area contributed by atoms with Gasteiger partial charge in [-0.3, -0.25) is 4.79 Å². The van der Waals surface area contributed by atoms with Gasteiger partial charge in [0, 0.05) is 6.42 Å². The molecule has 0 bridgehead atoms. The number of carbonyl (C=O) groups is 1. The van der Waals surface area contributed by atoms with E-state index in [0.29, 0.717) is 24.3 Å². The first-order valence-electron chi connectivity index (χ1n) is 8.20. The van der Waals surface area contributed by atoms with Crippen molar-refractivity contribution in [2.45, 2.75) is 12.8 Å². The molecule has 6 heteroatoms. The van der Waals surface area contributed by atoms with Crippen LogP contribution in [0.1, 0.15) is 12.0 Å². The third-order valence-corrected chi connectivity index (χ3v) is 3.66. The number of aromatic nitrogens is 2. The van der Waals surface area contributed by atoms with Gasteiger partial charge in [0.05, 0.1) is 25.2 Å². The molecule has 6 nitrogen and oxygen atoms in total. The Balaban J connectivity index is 1.49. The standard InChI is InChI=1S/C20H19N3O3/c1-25-17-10-7-15(8-11-17)9-12-19(24)23-16-13-21-20(22-14-16)26-18-5-3-2-4-6-18/h2-8,10-11,13-14H,9,12H2,1H3,(H,23,24). The minimum Gasteiger partial charge on any atom is -0.497 e. The second-order valence-electron chi connectivity index (χ2n) is 5.57. The van der Waals surface area contributed by atoms with Crippen LogP contribution in [0.3, 0.4) is 0 Å². The fourth-order valence-corrected chi connectivity index (χ4v) is 2.30. The Morgan fingerprint density at radius 3 is 2.31 bits per heavy atom. The van der Waals surface area contributed by atoms with E-state index in [9.17, 15) is 4.79 Å². The molecule has 0 aliphatic heterocycles. The topological polar surface area (TPSA) is 73.3 Å². The number of hydrogen-bond donors (Lipinski definition) is 1. The Morgan fingerprint density at radius 1 is 0.962 bits per heavy atom. The highest BCUT2D eigenvalue weighted by molar-refractivity contribution is 5.90. The van der Waals surface area contributed by atoms with Crippen molar-refractivity contribution in [1.82, 2.24) is 9.97 Å². The van der Waals surface area contributed by atoms with Crippen LogP contribution >= 0.6 is 0 Å². The van der Waals surface area contributed by atoms with E-state index >= 15 is 0 Å². The van der Waals surface area contributed by atoms with E-state index in [1.54, 1.807) is 7.11 Å². The number of hydrogen-bond acceptors (Lipinski definition) is 5. The zero-order valence-electron chi connectivity index (χ0n) is 14.4. The normalized spacial score (nSPS) is 10.2. The Labute approximate surface area is 151 Å². The number of benzene rings is 2. The van der Waals surface area contributed by atoms with Gasteiger partial charge in [0.25, 0.3) is 0 Å². The summed E-state index contributed by atoms with van der Waals surface area (Å²) in [7, 11) is 1.63. The maximum absolute atomic E-state index is 12.1. The molecule has 132 valence electrons. The maximum Gasteiger partial charge on any atom is 0.322 e. The van der Waals surface area contributed by atoms with E-state index in [1.807, 2.05) is 54.6 Å². The summed E-state index contributed by atoms with van der Waals surface area (Å²) in [6, 6.07) is 17.2. The van der Waals surface area contributed by atoms with Gasteiger partial charge >= 0.3 is 6.01 Å². The van der Waals surface area contributed by atoms with Gasteiger partial charge in [0.15, 0.2) is 0 Å². The highest BCUT2D eigenvalue weighted by atomic mass is 16.5. The third-order valence-electron chi connectivity index (χ3n) is 3.66. The van der Waals surface area contributed by atoms with Crippen molar-refractivity contribution in [1.29, 1.82) is 0 Å².